The Morgan fingerprint density at radius 3 is 1.67 bits per heavy atom. The lowest BCUT2D eigenvalue weighted by molar-refractivity contribution is 0.266. The van der Waals surface area contributed by atoms with Crippen LogP contribution in [0.15, 0.2) is 60.7 Å². The molecular formula is C17H19N. The smallest absolute Gasteiger partial charge is 0.0328 e. The van der Waals surface area contributed by atoms with Gasteiger partial charge in [0.25, 0.3) is 0 Å². The molecule has 18 heavy (non-hydrogen) atoms. The van der Waals surface area contributed by atoms with Crippen LogP contribution in [0, 0.1) is 0 Å². The van der Waals surface area contributed by atoms with Gasteiger partial charge in [-0.3, -0.25) is 0 Å². The molecule has 0 unspecified atom stereocenters. The lowest BCUT2D eigenvalue weighted by Crippen LogP contribution is -2.56. The van der Waals surface area contributed by atoms with Crippen molar-refractivity contribution in [3.05, 3.63) is 71.8 Å². The van der Waals surface area contributed by atoms with Crippen molar-refractivity contribution in [2.24, 2.45) is 0 Å². The Morgan fingerprint density at radius 1 is 0.889 bits per heavy atom. The highest BCUT2D eigenvalue weighted by Gasteiger charge is 2.40. The van der Waals surface area contributed by atoms with E-state index in [4.69, 9.17) is 0 Å². The Kier molecular flexibility index (Phi) is 2.92. The van der Waals surface area contributed by atoms with Crippen LogP contribution >= 0.6 is 0 Å². The molecule has 0 amide bonds. The summed E-state index contributed by atoms with van der Waals surface area (Å²) in [6.45, 7) is 3.49. The normalized spacial score (nSPS) is 19.3. The molecule has 1 fully saturated rings. The van der Waals surface area contributed by atoms with Crippen molar-refractivity contribution in [1.29, 1.82) is 0 Å². The maximum atomic E-state index is 3.58. The first kappa shape index (κ1) is 11.5. The van der Waals surface area contributed by atoms with Gasteiger partial charge in [0.15, 0.2) is 0 Å². The molecule has 1 heterocycles. The largest absolute Gasteiger partial charge is 0.313 e. The van der Waals surface area contributed by atoms with Crippen LogP contribution in [0.5, 0.6) is 0 Å². The molecular weight excluding hydrogens is 218 g/mol. The molecule has 1 aliphatic rings. The zero-order valence-electron chi connectivity index (χ0n) is 10.8. The first-order chi connectivity index (χ1) is 8.82. The van der Waals surface area contributed by atoms with Gasteiger partial charge < -0.3 is 5.32 Å². The van der Waals surface area contributed by atoms with Gasteiger partial charge in [-0.25, -0.2) is 0 Å². The summed E-state index contributed by atoms with van der Waals surface area (Å²) < 4.78 is 0. The van der Waals surface area contributed by atoms with E-state index in [1.165, 1.54) is 17.5 Å². The summed E-state index contributed by atoms with van der Waals surface area (Å²) in [6.07, 6.45) is 1.25. The Bertz CT molecular complexity index is 460. The minimum absolute atomic E-state index is 0.0702. The van der Waals surface area contributed by atoms with Crippen LogP contribution < -0.4 is 5.32 Å². The Hall–Kier alpha value is -1.60. The number of benzene rings is 2. The van der Waals surface area contributed by atoms with Crippen LogP contribution in [0.25, 0.3) is 0 Å². The molecule has 1 heteroatoms. The highest BCUT2D eigenvalue weighted by atomic mass is 15.0. The topological polar surface area (TPSA) is 12.0 Å². The average molecular weight is 237 g/mol. The molecule has 0 spiro atoms. The predicted molar refractivity (Wildman–Crippen MR) is 75.7 cm³/mol. The molecule has 0 aliphatic carbocycles. The van der Waals surface area contributed by atoms with E-state index in [9.17, 15) is 0 Å². The average Bonchev–Trinajstić information content (AvgIpc) is 2.38. The summed E-state index contributed by atoms with van der Waals surface area (Å²) in [6, 6.07) is 22.2. The van der Waals surface area contributed by atoms with Crippen LogP contribution in [-0.2, 0) is 5.41 Å². The highest BCUT2D eigenvalue weighted by Crippen LogP contribution is 2.38. The standard InChI is InChI=1S/C17H19N/c1-17(16-12-13-18-16,14-8-4-2-5-9-14)15-10-6-3-7-11-15/h2-11,16,18H,12-13H2,1H3/t16-/m0/s1. The molecule has 1 aliphatic heterocycles. The molecule has 1 nitrogen and oxygen atoms in total. The third kappa shape index (κ3) is 1.75. The van der Waals surface area contributed by atoms with Crippen molar-refractivity contribution >= 4 is 0 Å². The summed E-state index contributed by atoms with van der Waals surface area (Å²) in [5, 5.41) is 3.58. The van der Waals surface area contributed by atoms with Gasteiger partial charge in [-0.15, -0.1) is 0 Å². The molecule has 0 aromatic heterocycles. The molecule has 0 bridgehead atoms. The zero-order valence-corrected chi connectivity index (χ0v) is 10.8. The number of nitrogens with one attached hydrogen (secondary N) is 1. The summed E-state index contributed by atoms with van der Waals surface area (Å²) in [4.78, 5) is 0. The molecule has 0 radical (unpaired) electrons. The Labute approximate surface area is 109 Å². The van der Waals surface area contributed by atoms with E-state index in [1.807, 2.05) is 0 Å². The van der Waals surface area contributed by atoms with E-state index < -0.39 is 0 Å². The van der Waals surface area contributed by atoms with Crippen LogP contribution in [0.1, 0.15) is 24.5 Å². The lowest BCUT2D eigenvalue weighted by Gasteiger charge is -2.44. The summed E-state index contributed by atoms with van der Waals surface area (Å²) in [5.41, 5.74) is 2.86. The van der Waals surface area contributed by atoms with E-state index >= 15 is 0 Å². The van der Waals surface area contributed by atoms with Crippen molar-refractivity contribution in [2.75, 3.05) is 6.54 Å². The third-order valence-electron chi connectivity index (χ3n) is 4.27. The number of rotatable bonds is 3. The molecule has 2 aromatic rings. The predicted octanol–water partition coefficient (Wildman–Crippen LogP) is 3.35. The van der Waals surface area contributed by atoms with Crippen LogP contribution in [-0.4, -0.2) is 12.6 Å². The van der Waals surface area contributed by atoms with E-state index in [1.54, 1.807) is 0 Å². The minimum Gasteiger partial charge on any atom is -0.313 e. The fraction of sp³-hybridized carbons (Fsp3) is 0.294. The van der Waals surface area contributed by atoms with Gasteiger partial charge in [-0.1, -0.05) is 60.7 Å². The van der Waals surface area contributed by atoms with Crippen molar-refractivity contribution in [1.82, 2.24) is 5.32 Å². The molecule has 3 rings (SSSR count). The van der Waals surface area contributed by atoms with E-state index in [0.717, 1.165) is 6.54 Å². The van der Waals surface area contributed by atoms with Gasteiger partial charge in [0.2, 0.25) is 0 Å². The molecule has 1 N–H and O–H groups in total. The van der Waals surface area contributed by atoms with Crippen LogP contribution in [0.2, 0.25) is 0 Å². The maximum absolute atomic E-state index is 3.58. The summed E-state index contributed by atoms with van der Waals surface area (Å²) in [5.74, 6) is 0. The fourth-order valence-electron chi connectivity index (χ4n) is 2.92. The lowest BCUT2D eigenvalue weighted by atomic mass is 9.67. The van der Waals surface area contributed by atoms with E-state index in [-0.39, 0.29) is 5.41 Å². The third-order valence-corrected chi connectivity index (χ3v) is 4.27. The summed E-state index contributed by atoms with van der Waals surface area (Å²) >= 11 is 0. The second-order valence-corrected chi connectivity index (χ2v) is 5.23. The molecule has 2 aromatic carbocycles. The number of hydrogen-bond donors (Lipinski definition) is 1. The van der Waals surface area contributed by atoms with Crippen molar-refractivity contribution in [2.45, 2.75) is 24.8 Å². The second-order valence-electron chi connectivity index (χ2n) is 5.23. The first-order valence-electron chi connectivity index (χ1n) is 6.66. The summed E-state index contributed by atoms with van der Waals surface area (Å²) in [7, 11) is 0. The van der Waals surface area contributed by atoms with Gasteiger partial charge in [0, 0.05) is 11.5 Å². The monoisotopic (exact) mass is 237 g/mol. The highest BCUT2D eigenvalue weighted by molar-refractivity contribution is 5.41. The zero-order chi connectivity index (χ0) is 12.4. The first-order valence-corrected chi connectivity index (χ1v) is 6.66. The quantitative estimate of drug-likeness (QED) is 0.863. The van der Waals surface area contributed by atoms with Gasteiger partial charge in [0.1, 0.15) is 0 Å². The SMILES string of the molecule is CC(c1ccccc1)(c1ccccc1)[C@@H]1CCN1. The second kappa shape index (κ2) is 4.58. The van der Waals surface area contributed by atoms with Gasteiger partial charge >= 0.3 is 0 Å². The van der Waals surface area contributed by atoms with Crippen molar-refractivity contribution in [3.63, 3.8) is 0 Å². The van der Waals surface area contributed by atoms with E-state index in [0.29, 0.717) is 6.04 Å². The van der Waals surface area contributed by atoms with Crippen LogP contribution in [0.3, 0.4) is 0 Å². The maximum Gasteiger partial charge on any atom is 0.0328 e. The van der Waals surface area contributed by atoms with Gasteiger partial charge in [-0.2, -0.15) is 0 Å². The Balaban J connectivity index is 2.10. The molecule has 0 saturated carbocycles. The fourth-order valence-corrected chi connectivity index (χ4v) is 2.92. The van der Waals surface area contributed by atoms with Gasteiger partial charge in [-0.05, 0) is 31.0 Å². The molecule has 92 valence electrons. The molecule has 1 saturated heterocycles. The van der Waals surface area contributed by atoms with Crippen molar-refractivity contribution < 1.29 is 0 Å². The Morgan fingerprint density at radius 2 is 1.33 bits per heavy atom. The minimum atomic E-state index is 0.0702. The van der Waals surface area contributed by atoms with Gasteiger partial charge in [0.05, 0.1) is 0 Å². The van der Waals surface area contributed by atoms with Crippen LogP contribution in [0.4, 0.5) is 0 Å². The van der Waals surface area contributed by atoms with Crippen molar-refractivity contribution in [3.8, 4) is 0 Å². The molecule has 1 atom stereocenters. The van der Waals surface area contributed by atoms with E-state index in [2.05, 4.69) is 72.9 Å². The number of hydrogen-bond acceptors (Lipinski definition) is 1.